The van der Waals surface area contributed by atoms with Gasteiger partial charge in [-0.1, -0.05) is 0 Å². The van der Waals surface area contributed by atoms with Crippen molar-refractivity contribution in [2.75, 3.05) is 6.61 Å². The van der Waals surface area contributed by atoms with Crippen LogP contribution >= 0.6 is 0 Å². The number of hydrogen-bond acceptors (Lipinski definition) is 2. The molecule has 0 saturated carbocycles. The number of aryl methyl sites for hydroxylation is 2. The van der Waals surface area contributed by atoms with Crippen LogP contribution in [0, 0.1) is 6.92 Å². The predicted octanol–water partition coefficient (Wildman–Crippen LogP) is 1.59. The molecule has 0 unspecified atom stereocenters. The van der Waals surface area contributed by atoms with Gasteiger partial charge in [0.2, 0.25) is 0 Å². The molecule has 0 aliphatic rings. The second-order valence-electron chi connectivity index (χ2n) is 2.97. The van der Waals surface area contributed by atoms with Crippen LogP contribution in [0.2, 0.25) is 0 Å². The predicted molar refractivity (Wildman–Crippen MR) is 43.7 cm³/mol. The van der Waals surface area contributed by atoms with Crippen molar-refractivity contribution in [3.05, 3.63) is 17.5 Å². The number of rotatable bonds is 3. The first-order valence-electron chi connectivity index (χ1n) is 4.17. The molecule has 1 rings (SSSR count). The zero-order valence-corrected chi connectivity index (χ0v) is 7.67. The molecular weight excluding hydrogens is 197 g/mol. The SMILES string of the molecule is Cc1cc(C(F)(F)F)nn1CCCO. The summed E-state index contributed by atoms with van der Waals surface area (Å²) in [5, 5.41) is 11.9. The van der Waals surface area contributed by atoms with Crippen molar-refractivity contribution in [2.45, 2.75) is 26.1 Å². The van der Waals surface area contributed by atoms with E-state index in [9.17, 15) is 13.2 Å². The number of hydrogen-bond donors (Lipinski definition) is 1. The number of alkyl halides is 3. The average molecular weight is 208 g/mol. The molecule has 0 bridgehead atoms. The van der Waals surface area contributed by atoms with Gasteiger partial charge >= 0.3 is 6.18 Å². The molecule has 0 aliphatic carbocycles. The summed E-state index contributed by atoms with van der Waals surface area (Å²) in [6, 6.07) is 0.997. The second kappa shape index (κ2) is 4.00. The third-order valence-corrected chi connectivity index (χ3v) is 1.80. The normalized spacial score (nSPS) is 12.1. The molecular formula is C8H11F3N2O. The third-order valence-electron chi connectivity index (χ3n) is 1.80. The lowest BCUT2D eigenvalue weighted by Gasteiger charge is -2.02. The van der Waals surface area contributed by atoms with E-state index in [1.807, 2.05) is 0 Å². The van der Waals surface area contributed by atoms with E-state index in [4.69, 9.17) is 5.11 Å². The van der Waals surface area contributed by atoms with E-state index in [1.54, 1.807) is 6.92 Å². The number of aliphatic hydroxyl groups is 1. The summed E-state index contributed by atoms with van der Waals surface area (Å²) in [6.07, 6.45) is -3.99. The zero-order chi connectivity index (χ0) is 10.8. The van der Waals surface area contributed by atoms with Crippen molar-refractivity contribution in [2.24, 2.45) is 0 Å². The van der Waals surface area contributed by atoms with Gasteiger partial charge in [0.25, 0.3) is 0 Å². The van der Waals surface area contributed by atoms with Crippen LogP contribution in [0.5, 0.6) is 0 Å². The summed E-state index contributed by atoms with van der Waals surface area (Å²) < 4.78 is 37.8. The van der Waals surface area contributed by atoms with Crippen molar-refractivity contribution in [1.29, 1.82) is 0 Å². The Balaban J connectivity index is 2.82. The maximum atomic E-state index is 12.2. The Morgan fingerprint density at radius 3 is 2.57 bits per heavy atom. The smallest absolute Gasteiger partial charge is 0.396 e. The number of nitrogens with zero attached hydrogens (tertiary/aromatic N) is 2. The van der Waals surface area contributed by atoms with Crippen molar-refractivity contribution in [1.82, 2.24) is 9.78 Å². The molecule has 3 nitrogen and oxygen atoms in total. The van der Waals surface area contributed by atoms with Gasteiger partial charge in [-0.05, 0) is 19.4 Å². The van der Waals surface area contributed by atoms with Gasteiger partial charge in [0.15, 0.2) is 5.69 Å². The molecule has 0 radical (unpaired) electrons. The molecule has 0 amide bonds. The molecule has 80 valence electrons. The van der Waals surface area contributed by atoms with E-state index >= 15 is 0 Å². The highest BCUT2D eigenvalue weighted by Crippen LogP contribution is 2.28. The molecule has 1 aromatic rings. The van der Waals surface area contributed by atoms with Crippen molar-refractivity contribution >= 4 is 0 Å². The highest BCUT2D eigenvalue weighted by Gasteiger charge is 2.34. The molecule has 6 heteroatoms. The first-order valence-corrected chi connectivity index (χ1v) is 4.17. The first kappa shape index (κ1) is 11.0. The molecule has 0 spiro atoms. The van der Waals surface area contributed by atoms with Gasteiger partial charge in [0, 0.05) is 18.8 Å². The minimum atomic E-state index is -4.39. The maximum absolute atomic E-state index is 12.2. The van der Waals surface area contributed by atoms with E-state index in [1.165, 1.54) is 4.68 Å². The van der Waals surface area contributed by atoms with Crippen LogP contribution in [0.15, 0.2) is 6.07 Å². The van der Waals surface area contributed by atoms with Crippen molar-refractivity contribution in [3.8, 4) is 0 Å². The molecule has 1 aromatic heterocycles. The number of aliphatic hydroxyl groups excluding tert-OH is 1. The third kappa shape index (κ3) is 2.47. The van der Waals surface area contributed by atoms with Gasteiger partial charge in [-0.15, -0.1) is 0 Å². The van der Waals surface area contributed by atoms with Crippen LogP contribution in [0.4, 0.5) is 13.2 Å². The van der Waals surface area contributed by atoms with Gasteiger partial charge < -0.3 is 5.11 Å². The molecule has 0 fully saturated rings. The largest absolute Gasteiger partial charge is 0.435 e. The van der Waals surface area contributed by atoms with Gasteiger partial charge in [-0.2, -0.15) is 18.3 Å². The lowest BCUT2D eigenvalue weighted by molar-refractivity contribution is -0.141. The Morgan fingerprint density at radius 1 is 1.50 bits per heavy atom. The summed E-state index contributed by atoms with van der Waals surface area (Å²) in [5.74, 6) is 0. The Bertz CT molecular complexity index is 306. The fraction of sp³-hybridized carbons (Fsp3) is 0.625. The summed E-state index contributed by atoms with van der Waals surface area (Å²) in [4.78, 5) is 0. The quantitative estimate of drug-likeness (QED) is 0.819. The van der Waals surface area contributed by atoms with E-state index in [-0.39, 0.29) is 6.61 Å². The van der Waals surface area contributed by atoms with E-state index < -0.39 is 11.9 Å². The van der Waals surface area contributed by atoms with Crippen molar-refractivity contribution < 1.29 is 18.3 Å². The molecule has 0 atom stereocenters. The van der Waals surface area contributed by atoms with Crippen LogP contribution in [-0.4, -0.2) is 21.5 Å². The highest BCUT2D eigenvalue weighted by molar-refractivity contribution is 5.11. The van der Waals surface area contributed by atoms with Crippen molar-refractivity contribution in [3.63, 3.8) is 0 Å². The standard InChI is InChI=1S/C8H11F3N2O/c1-6-5-7(8(9,10)11)12-13(6)3-2-4-14/h5,14H,2-4H2,1H3. The van der Waals surface area contributed by atoms with Crippen LogP contribution in [0.25, 0.3) is 0 Å². The lowest BCUT2D eigenvalue weighted by atomic mass is 10.3. The monoisotopic (exact) mass is 208 g/mol. The summed E-state index contributed by atoms with van der Waals surface area (Å²) >= 11 is 0. The minimum absolute atomic E-state index is 0.0549. The maximum Gasteiger partial charge on any atom is 0.435 e. The molecule has 0 aromatic carbocycles. The average Bonchev–Trinajstić information content (AvgIpc) is 2.43. The fourth-order valence-electron chi connectivity index (χ4n) is 1.10. The van der Waals surface area contributed by atoms with Gasteiger partial charge in [0.1, 0.15) is 0 Å². The number of halogens is 3. The van der Waals surface area contributed by atoms with E-state index in [0.717, 1.165) is 6.07 Å². The summed E-state index contributed by atoms with van der Waals surface area (Å²) in [6.45, 7) is 1.80. The van der Waals surface area contributed by atoms with Crippen LogP contribution < -0.4 is 0 Å². The van der Waals surface area contributed by atoms with E-state index in [0.29, 0.717) is 18.7 Å². The summed E-state index contributed by atoms with van der Waals surface area (Å²) in [7, 11) is 0. The Kier molecular flexibility index (Phi) is 3.15. The van der Waals surface area contributed by atoms with Crippen LogP contribution in [0.1, 0.15) is 17.8 Å². The summed E-state index contributed by atoms with van der Waals surface area (Å²) in [5.41, 5.74) is -0.432. The molecule has 1 N–H and O–H groups in total. The Hall–Kier alpha value is -1.04. The van der Waals surface area contributed by atoms with E-state index in [2.05, 4.69) is 5.10 Å². The Labute approximate surface area is 79.2 Å². The Morgan fingerprint density at radius 2 is 2.14 bits per heavy atom. The first-order chi connectivity index (χ1) is 6.45. The molecule has 14 heavy (non-hydrogen) atoms. The van der Waals surface area contributed by atoms with Gasteiger partial charge in [0.05, 0.1) is 0 Å². The molecule has 0 aliphatic heterocycles. The van der Waals surface area contributed by atoms with Gasteiger partial charge in [-0.25, -0.2) is 0 Å². The zero-order valence-electron chi connectivity index (χ0n) is 7.67. The topological polar surface area (TPSA) is 38.0 Å². The number of aromatic nitrogens is 2. The minimum Gasteiger partial charge on any atom is -0.396 e. The lowest BCUT2D eigenvalue weighted by Crippen LogP contribution is -2.09. The molecule has 1 heterocycles. The highest BCUT2D eigenvalue weighted by atomic mass is 19.4. The van der Waals surface area contributed by atoms with Crippen LogP contribution in [0.3, 0.4) is 0 Å². The van der Waals surface area contributed by atoms with Crippen LogP contribution in [-0.2, 0) is 12.7 Å². The fourth-order valence-corrected chi connectivity index (χ4v) is 1.10. The van der Waals surface area contributed by atoms with Gasteiger partial charge in [-0.3, -0.25) is 4.68 Å². The molecule has 0 saturated heterocycles. The second-order valence-corrected chi connectivity index (χ2v) is 2.97.